The Morgan fingerprint density at radius 2 is 1.88 bits per heavy atom. The van der Waals surface area contributed by atoms with Gasteiger partial charge in [0.15, 0.2) is 0 Å². The normalized spacial score (nSPS) is 25.6. The molecule has 5 heteroatoms. The third kappa shape index (κ3) is 3.24. The smallest absolute Gasteiger partial charge is 0.113 e. The highest BCUT2D eigenvalue weighted by Gasteiger charge is 2.43. The van der Waals surface area contributed by atoms with E-state index in [-0.39, 0.29) is 6.04 Å². The summed E-state index contributed by atoms with van der Waals surface area (Å²) in [5.74, 6) is 1.28. The second-order valence-corrected chi connectivity index (χ2v) is 9.06. The number of piperidine rings is 3. The number of nitrogens with zero attached hydrogens (tertiary/aromatic N) is 5. The van der Waals surface area contributed by atoms with E-state index in [9.17, 15) is 0 Å². The summed E-state index contributed by atoms with van der Waals surface area (Å²) in [5.41, 5.74) is 4.30. The largest absolute Gasteiger partial charge is 0.297 e. The van der Waals surface area contributed by atoms with Gasteiger partial charge in [0, 0.05) is 29.7 Å². The number of benzene rings is 2. The maximum absolute atomic E-state index is 4.67. The Bertz CT molecular complexity index is 1240. The summed E-state index contributed by atoms with van der Waals surface area (Å²) in [6.07, 6.45) is 8.61. The predicted octanol–water partition coefficient (Wildman–Crippen LogP) is 4.98. The fourth-order valence-electron chi connectivity index (χ4n) is 5.76. The average Bonchev–Trinajstić information content (AvgIpc) is 3.35. The summed E-state index contributed by atoms with van der Waals surface area (Å²) in [7, 11) is 0. The first-order valence-electron chi connectivity index (χ1n) is 11.5. The summed E-state index contributed by atoms with van der Waals surface area (Å²) < 4.78 is 2.10. The summed E-state index contributed by atoms with van der Waals surface area (Å²) in [6, 6.07) is 21.4. The van der Waals surface area contributed by atoms with Gasteiger partial charge in [-0.05, 0) is 48.9 Å². The van der Waals surface area contributed by atoms with E-state index in [0.717, 1.165) is 36.3 Å². The van der Waals surface area contributed by atoms with Gasteiger partial charge in [-0.3, -0.25) is 9.88 Å². The van der Waals surface area contributed by atoms with Crippen LogP contribution in [0.5, 0.6) is 0 Å². The summed E-state index contributed by atoms with van der Waals surface area (Å²) in [5, 5.41) is 10.4. The van der Waals surface area contributed by atoms with Gasteiger partial charge in [-0.25, -0.2) is 4.68 Å². The van der Waals surface area contributed by atoms with E-state index in [2.05, 4.69) is 86.2 Å². The second kappa shape index (κ2) is 7.99. The highest BCUT2D eigenvalue weighted by molar-refractivity contribution is 5.82. The van der Waals surface area contributed by atoms with Gasteiger partial charge in [-0.15, -0.1) is 11.7 Å². The molecule has 3 fully saturated rings. The molecule has 5 heterocycles. The molecule has 0 N–H and O–H groups in total. The highest BCUT2D eigenvalue weighted by Crippen LogP contribution is 2.43. The zero-order valence-corrected chi connectivity index (χ0v) is 18.1. The topological polar surface area (TPSA) is 46.8 Å². The van der Waals surface area contributed by atoms with Gasteiger partial charge >= 0.3 is 0 Å². The van der Waals surface area contributed by atoms with Crippen molar-refractivity contribution in [1.29, 1.82) is 0 Å². The van der Waals surface area contributed by atoms with Crippen molar-refractivity contribution in [3.05, 3.63) is 91.3 Å². The lowest BCUT2D eigenvalue weighted by Gasteiger charge is -2.51. The lowest BCUT2D eigenvalue weighted by Crippen LogP contribution is -2.56. The van der Waals surface area contributed by atoms with Crippen LogP contribution in [0.25, 0.3) is 22.2 Å². The molecule has 3 saturated heterocycles. The SMILES string of the molecule is C=C[C@H]1CN2CC[C@H]1C[C@H]2[C@H](c1ccnc2ccccc12)n1cc(-c2ccccc2)nn1. The Balaban J connectivity index is 1.47. The third-order valence-corrected chi connectivity index (χ3v) is 7.38. The lowest BCUT2D eigenvalue weighted by molar-refractivity contribution is -0.000121. The number of rotatable bonds is 5. The maximum Gasteiger partial charge on any atom is 0.113 e. The van der Waals surface area contributed by atoms with Crippen molar-refractivity contribution in [2.45, 2.75) is 24.9 Å². The number of pyridine rings is 1. The zero-order chi connectivity index (χ0) is 21.5. The Morgan fingerprint density at radius 1 is 1.03 bits per heavy atom. The van der Waals surface area contributed by atoms with E-state index < -0.39 is 0 Å². The van der Waals surface area contributed by atoms with Crippen LogP contribution in [0.2, 0.25) is 0 Å². The number of para-hydroxylation sites is 1. The Morgan fingerprint density at radius 3 is 2.69 bits per heavy atom. The van der Waals surface area contributed by atoms with Crippen LogP contribution in [0, 0.1) is 11.8 Å². The molecule has 2 aromatic heterocycles. The summed E-state index contributed by atoms with van der Waals surface area (Å²) >= 11 is 0. The monoisotopic (exact) mass is 421 g/mol. The molecule has 32 heavy (non-hydrogen) atoms. The minimum absolute atomic E-state index is 0.0847. The molecular weight excluding hydrogens is 394 g/mol. The fourth-order valence-corrected chi connectivity index (χ4v) is 5.76. The molecule has 2 aromatic carbocycles. The van der Waals surface area contributed by atoms with Crippen molar-refractivity contribution in [1.82, 2.24) is 24.9 Å². The first-order valence-corrected chi connectivity index (χ1v) is 11.5. The molecule has 0 saturated carbocycles. The Labute approximate surface area is 188 Å². The van der Waals surface area contributed by atoms with Gasteiger partial charge in [-0.1, -0.05) is 59.8 Å². The van der Waals surface area contributed by atoms with Crippen LogP contribution in [0.3, 0.4) is 0 Å². The van der Waals surface area contributed by atoms with E-state index in [1.54, 1.807) is 0 Å². The summed E-state index contributed by atoms with van der Waals surface area (Å²) in [4.78, 5) is 7.27. The molecule has 0 amide bonds. The molecule has 5 nitrogen and oxygen atoms in total. The standard InChI is InChI=1S/C27H27N5/c1-2-19-17-31-15-13-21(19)16-26(31)27(23-12-14-28-24-11-7-6-10-22(23)24)32-18-25(29-30-32)20-8-4-3-5-9-20/h2-12,14,18-19,21,26-27H,1,13,15-17H2/t19-,21-,26-,27-/m0/s1. The molecule has 7 rings (SSSR count). The van der Waals surface area contributed by atoms with Gasteiger partial charge < -0.3 is 0 Å². The zero-order valence-electron chi connectivity index (χ0n) is 18.1. The lowest BCUT2D eigenvalue weighted by atomic mass is 9.73. The van der Waals surface area contributed by atoms with E-state index >= 15 is 0 Å². The molecular formula is C27H27N5. The van der Waals surface area contributed by atoms with E-state index in [1.165, 1.54) is 17.4 Å². The van der Waals surface area contributed by atoms with Gasteiger partial charge in [0.2, 0.25) is 0 Å². The van der Waals surface area contributed by atoms with Crippen LogP contribution in [0.15, 0.2) is 85.7 Å². The van der Waals surface area contributed by atoms with Gasteiger partial charge in [0.05, 0.1) is 17.8 Å². The Hall–Kier alpha value is -3.31. The molecule has 5 atom stereocenters. The van der Waals surface area contributed by atoms with Crippen LogP contribution >= 0.6 is 0 Å². The maximum atomic E-state index is 4.67. The van der Waals surface area contributed by atoms with Gasteiger partial charge in [-0.2, -0.15) is 0 Å². The molecule has 3 aliphatic heterocycles. The molecule has 1 unspecified atom stereocenters. The molecule has 0 radical (unpaired) electrons. The van der Waals surface area contributed by atoms with Crippen molar-refractivity contribution in [3.8, 4) is 11.3 Å². The number of hydrogen-bond acceptors (Lipinski definition) is 4. The minimum Gasteiger partial charge on any atom is -0.297 e. The Kier molecular flexibility index (Phi) is 4.84. The van der Waals surface area contributed by atoms with E-state index in [0.29, 0.717) is 17.9 Å². The quantitative estimate of drug-likeness (QED) is 0.427. The van der Waals surface area contributed by atoms with E-state index in [1.807, 2.05) is 24.4 Å². The number of hydrogen-bond donors (Lipinski definition) is 0. The van der Waals surface area contributed by atoms with Crippen molar-refractivity contribution in [2.24, 2.45) is 11.8 Å². The second-order valence-electron chi connectivity index (χ2n) is 9.06. The third-order valence-electron chi connectivity index (χ3n) is 7.38. The fraction of sp³-hybridized carbons (Fsp3) is 0.296. The first kappa shape index (κ1) is 19.4. The van der Waals surface area contributed by atoms with Crippen molar-refractivity contribution in [2.75, 3.05) is 13.1 Å². The van der Waals surface area contributed by atoms with Crippen molar-refractivity contribution >= 4 is 10.9 Å². The number of aromatic nitrogens is 4. The molecule has 2 bridgehead atoms. The van der Waals surface area contributed by atoms with Gasteiger partial charge in [0.25, 0.3) is 0 Å². The molecule has 3 aliphatic rings. The van der Waals surface area contributed by atoms with Crippen LogP contribution in [-0.4, -0.2) is 44.0 Å². The number of fused-ring (bicyclic) bond motifs is 4. The summed E-state index contributed by atoms with van der Waals surface area (Å²) in [6.45, 7) is 6.32. The van der Waals surface area contributed by atoms with Crippen molar-refractivity contribution in [3.63, 3.8) is 0 Å². The predicted molar refractivity (Wildman–Crippen MR) is 127 cm³/mol. The van der Waals surface area contributed by atoms with Crippen LogP contribution < -0.4 is 0 Å². The van der Waals surface area contributed by atoms with Crippen LogP contribution in [-0.2, 0) is 0 Å². The van der Waals surface area contributed by atoms with Crippen LogP contribution in [0.4, 0.5) is 0 Å². The van der Waals surface area contributed by atoms with Crippen molar-refractivity contribution < 1.29 is 0 Å². The van der Waals surface area contributed by atoms with Crippen LogP contribution in [0.1, 0.15) is 24.4 Å². The molecule has 0 aliphatic carbocycles. The van der Waals surface area contributed by atoms with E-state index in [4.69, 9.17) is 0 Å². The molecule has 4 aromatic rings. The first-order chi connectivity index (χ1) is 15.8. The minimum atomic E-state index is 0.0847. The molecule has 160 valence electrons. The average molecular weight is 422 g/mol. The highest BCUT2D eigenvalue weighted by atomic mass is 15.4. The van der Waals surface area contributed by atoms with Gasteiger partial charge in [0.1, 0.15) is 5.69 Å². The molecule has 0 spiro atoms.